The van der Waals surface area contributed by atoms with Gasteiger partial charge in [0.15, 0.2) is 0 Å². The number of halogens is 3. The zero-order chi connectivity index (χ0) is 28.4. The van der Waals surface area contributed by atoms with Gasteiger partial charge in [-0.05, 0) is 77.8 Å². The average Bonchev–Trinajstić information content (AvgIpc) is 2.92. The largest absolute Gasteiger partial charge is 0.482 e. The Bertz CT molecular complexity index is 1190. The molecule has 39 heavy (non-hydrogen) atoms. The molecule has 3 rings (SSSR count). The molecule has 0 fully saturated rings. The molecule has 2 aromatic rings. The van der Waals surface area contributed by atoms with Crippen LogP contribution in [0.4, 0.5) is 0 Å². The molecule has 0 radical (unpaired) electrons. The molecule has 7 nitrogen and oxygen atoms in total. The van der Waals surface area contributed by atoms with E-state index in [0.29, 0.717) is 27.8 Å². The molecule has 3 atom stereocenters. The summed E-state index contributed by atoms with van der Waals surface area (Å²) in [6, 6.07) is 11.8. The Morgan fingerprint density at radius 2 is 1.95 bits per heavy atom. The van der Waals surface area contributed by atoms with Gasteiger partial charge in [0.1, 0.15) is 18.0 Å². The fraction of sp³-hybridized carbons (Fsp3) is 0.379. The van der Waals surface area contributed by atoms with Crippen molar-refractivity contribution in [2.24, 2.45) is 0 Å². The molecular weight excluding hydrogens is 654 g/mol. The van der Waals surface area contributed by atoms with Gasteiger partial charge in [0.2, 0.25) is 11.8 Å². The number of nitrogens with one attached hydrogen (secondary N) is 1. The number of hydrogen-bond acceptors (Lipinski definition) is 5. The van der Waals surface area contributed by atoms with E-state index in [9.17, 15) is 19.8 Å². The molecule has 1 aliphatic carbocycles. The van der Waals surface area contributed by atoms with Crippen LogP contribution in [-0.2, 0) is 16.1 Å². The topological polar surface area (TPSA) is 99.1 Å². The zero-order valence-corrected chi connectivity index (χ0v) is 25.2. The molecule has 2 aromatic carbocycles. The number of nitrogens with zero attached hydrogens (tertiary/aromatic N) is 1. The number of amides is 2. The van der Waals surface area contributed by atoms with Crippen molar-refractivity contribution in [2.45, 2.75) is 56.9 Å². The molecule has 0 saturated heterocycles. The third-order valence-electron chi connectivity index (χ3n) is 6.42. The number of rotatable bonds is 13. The predicted molar refractivity (Wildman–Crippen MR) is 162 cm³/mol. The minimum Gasteiger partial charge on any atom is -0.482 e. The highest BCUT2D eigenvalue weighted by Crippen LogP contribution is 2.31. The van der Waals surface area contributed by atoms with Crippen LogP contribution in [0.3, 0.4) is 0 Å². The Labute approximate surface area is 253 Å². The third kappa shape index (κ3) is 8.94. The highest BCUT2D eigenvalue weighted by atomic mass is 127. The first-order chi connectivity index (χ1) is 18.7. The van der Waals surface area contributed by atoms with Gasteiger partial charge in [-0.3, -0.25) is 9.59 Å². The summed E-state index contributed by atoms with van der Waals surface area (Å²) in [5, 5.41) is 24.2. The number of benzene rings is 2. The summed E-state index contributed by atoms with van der Waals surface area (Å²) in [7, 11) is 0. The second kappa shape index (κ2) is 15.6. The van der Waals surface area contributed by atoms with E-state index in [0.717, 1.165) is 22.0 Å². The molecule has 0 heterocycles. The van der Waals surface area contributed by atoms with Crippen LogP contribution >= 0.6 is 45.8 Å². The van der Waals surface area contributed by atoms with Crippen molar-refractivity contribution in [1.82, 2.24) is 10.2 Å². The summed E-state index contributed by atoms with van der Waals surface area (Å²) in [5.74, 6) is 0.0189. The minimum atomic E-state index is -1.12. The third-order valence-corrected chi connectivity index (χ3v) is 8.05. The minimum absolute atomic E-state index is 0.0841. The predicted octanol–water partition coefficient (Wildman–Crippen LogP) is 5.29. The Hall–Kier alpha value is -2.11. The second-order valence-corrected chi connectivity index (χ2v) is 11.2. The maximum atomic E-state index is 13.6. The summed E-state index contributed by atoms with van der Waals surface area (Å²) < 4.78 is 7.03. The smallest absolute Gasteiger partial charge is 0.247 e. The Kier molecular flexibility index (Phi) is 12.6. The first kappa shape index (κ1) is 31.4. The lowest BCUT2D eigenvalue weighted by Crippen LogP contribution is -2.54. The molecule has 10 heteroatoms. The van der Waals surface area contributed by atoms with Crippen LogP contribution in [0.2, 0.25) is 10.0 Å². The van der Waals surface area contributed by atoms with Gasteiger partial charge < -0.3 is 25.2 Å². The fourth-order valence-corrected chi connectivity index (χ4v) is 5.24. The van der Waals surface area contributed by atoms with Crippen LogP contribution < -0.4 is 10.1 Å². The lowest BCUT2D eigenvalue weighted by atomic mass is 9.87. The Balaban J connectivity index is 1.96. The van der Waals surface area contributed by atoms with E-state index in [1.165, 1.54) is 0 Å². The van der Waals surface area contributed by atoms with Crippen LogP contribution in [0.1, 0.15) is 37.7 Å². The Morgan fingerprint density at radius 1 is 1.18 bits per heavy atom. The number of ether oxygens (including phenoxy) is 1. The highest BCUT2D eigenvalue weighted by Gasteiger charge is 2.40. The molecule has 2 amide bonds. The SMILES string of the molecule is C=CCCCCC(=O)N(Cc1ccc(Cl)c(Cl)c1)C1CC(C(=O)NCCO)=CC(Oc2ccccc2I)C1O. The van der Waals surface area contributed by atoms with Crippen molar-refractivity contribution >= 4 is 57.6 Å². The van der Waals surface area contributed by atoms with Crippen LogP contribution in [0, 0.1) is 3.57 Å². The number of aliphatic hydroxyl groups is 2. The molecule has 210 valence electrons. The van der Waals surface area contributed by atoms with Gasteiger partial charge in [0.05, 0.1) is 26.3 Å². The summed E-state index contributed by atoms with van der Waals surface area (Å²) in [4.78, 5) is 28.2. The van der Waals surface area contributed by atoms with E-state index in [1.54, 1.807) is 35.2 Å². The number of aliphatic hydroxyl groups excluding tert-OH is 2. The number of carbonyl (C=O) groups is 2. The van der Waals surface area contributed by atoms with Gasteiger partial charge >= 0.3 is 0 Å². The average molecular weight is 687 g/mol. The van der Waals surface area contributed by atoms with Gasteiger partial charge in [-0.1, -0.05) is 47.5 Å². The van der Waals surface area contributed by atoms with E-state index in [-0.39, 0.29) is 44.4 Å². The number of para-hydroxylation sites is 1. The fourth-order valence-electron chi connectivity index (χ4n) is 4.40. The monoisotopic (exact) mass is 686 g/mol. The van der Waals surface area contributed by atoms with E-state index in [1.807, 2.05) is 24.3 Å². The maximum absolute atomic E-state index is 13.6. The molecule has 0 aromatic heterocycles. The summed E-state index contributed by atoms with van der Waals surface area (Å²) >= 11 is 14.5. The first-order valence-electron chi connectivity index (χ1n) is 12.8. The van der Waals surface area contributed by atoms with Gasteiger partial charge in [0.25, 0.3) is 0 Å². The molecular formula is C29H33Cl2IN2O5. The lowest BCUT2D eigenvalue weighted by molar-refractivity contribution is -0.139. The van der Waals surface area contributed by atoms with E-state index in [4.69, 9.17) is 27.9 Å². The van der Waals surface area contributed by atoms with Gasteiger partial charge in [-0.25, -0.2) is 0 Å². The van der Waals surface area contributed by atoms with Crippen molar-refractivity contribution in [1.29, 1.82) is 0 Å². The number of allylic oxidation sites excluding steroid dienone is 1. The molecule has 3 N–H and O–H groups in total. The maximum Gasteiger partial charge on any atom is 0.247 e. The van der Waals surface area contributed by atoms with Crippen molar-refractivity contribution in [3.63, 3.8) is 0 Å². The van der Waals surface area contributed by atoms with Crippen LogP contribution in [-0.4, -0.2) is 58.3 Å². The summed E-state index contributed by atoms with van der Waals surface area (Å²) in [6.07, 6.45) is 4.08. The lowest BCUT2D eigenvalue weighted by Gasteiger charge is -2.40. The molecule has 0 aliphatic heterocycles. The van der Waals surface area contributed by atoms with E-state index >= 15 is 0 Å². The normalized spacial score (nSPS) is 18.7. The van der Waals surface area contributed by atoms with Crippen molar-refractivity contribution in [2.75, 3.05) is 13.2 Å². The summed E-state index contributed by atoms with van der Waals surface area (Å²) in [5.41, 5.74) is 1.11. The van der Waals surface area contributed by atoms with E-state index in [2.05, 4.69) is 34.5 Å². The Morgan fingerprint density at radius 3 is 2.64 bits per heavy atom. The zero-order valence-electron chi connectivity index (χ0n) is 21.5. The number of hydrogen-bond donors (Lipinski definition) is 3. The molecule has 3 unspecified atom stereocenters. The van der Waals surface area contributed by atoms with Gasteiger partial charge in [-0.15, -0.1) is 6.58 Å². The molecule has 0 saturated carbocycles. The van der Waals surface area contributed by atoms with E-state index < -0.39 is 18.2 Å². The van der Waals surface area contributed by atoms with Gasteiger partial charge in [0, 0.05) is 31.5 Å². The highest BCUT2D eigenvalue weighted by molar-refractivity contribution is 14.1. The van der Waals surface area contributed by atoms with Gasteiger partial charge in [-0.2, -0.15) is 0 Å². The van der Waals surface area contributed by atoms with Crippen LogP contribution in [0.5, 0.6) is 5.75 Å². The quantitative estimate of drug-likeness (QED) is 0.151. The van der Waals surface area contributed by atoms with Crippen molar-refractivity contribution in [3.05, 3.63) is 85.9 Å². The second-order valence-electron chi connectivity index (χ2n) is 9.25. The van der Waals surface area contributed by atoms with Crippen LogP contribution in [0.25, 0.3) is 0 Å². The first-order valence-corrected chi connectivity index (χ1v) is 14.6. The number of unbranched alkanes of at least 4 members (excludes halogenated alkanes) is 2. The van der Waals surface area contributed by atoms with Crippen molar-refractivity contribution in [3.8, 4) is 5.75 Å². The molecule has 0 bridgehead atoms. The number of carbonyl (C=O) groups excluding carboxylic acids is 2. The standard InChI is InChI=1S/C29H33Cl2IN2O5/c1-2-3-4-5-10-27(36)34(18-19-11-12-21(30)22(31)15-19)24-16-20(29(38)33-13-14-35)17-26(28(24)37)39-25-9-7-6-8-23(25)32/h2,6-9,11-12,15,17,24,26,28,35,37H,1,3-5,10,13-14,16,18H2,(H,33,38). The van der Waals surface area contributed by atoms with Crippen LogP contribution in [0.15, 0.2) is 66.8 Å². The molecule has 0 spiro atoms. The summed E-state index contributed by atoms with van der Waals surface area (Å²) in [6.45, 7) is 3.78. The van der Waals surface area contributed by atoms with Crippen molar-refractivity contribution < 1.29 is 24.5 Å². The molecule has 1 aliphatic rings.